The van der Waals surface area contributed by atoms with Crippen LogP contribution in [0.4, 0.5) is 0 Å². The number of carbonyl (C=O) groups excluding carboxylic acids is 1. The molecule has 4 heteroatoms. The molecular formula is C21H20O4. The Balaban J connectivity index is 2.42. The Morgan fingerprint density at radius 1 is 0.920 bits per heavy atom. The van der Waals surface area contributed by atoms with E-state index < -0.39 is 5.97 Å². The van der Waals surface area contributed by atoms with Crippen LogP contribution in [0.5, 0.6) is 5.75 Å². The van der Waals surface area contributed by atoms with Gasteiger partial charge in [0.2, 0.25) is 0 Å². The van der Waals surface area contributed by atoms with E-state index in [1.54, 1.807) is 54.6 Å². The highest BCUT2D eigenvalue weighted by Crippen LogP contribution is 2.27. The van der Waals surface area contributed by atoms with Crippen LogP contribution < -0.4 is 4.74 Å². The normalized spacial score (nSPS) is 11.2. The molecule has 2 rings (SSSR count). The lowest BCUT2D eigenvalue weighted by atomic mass is 10.0. The zero-order valence-electron chi connectivity index (χ0n) is 13.9. The van der Waals surface area contributed by atoms with Gasteiger partial charge in [-0.3, -0.25) is 0 Å². The fourth-order valence-corrected chi connectivity index (χ4v) is 2.17. The minimum Gasteiger partial charge on any atom is -0.506 e. The summed E-state index contributed by atoms with van der Waals surface area (Å²) in [6, 6.07) is 15.7. The van der Waals surface area contributed by atoms with E-state index in [0.29, 0.717) is 23.5 Å². The van der Waals surface area contributed by atoms with E-state index in [4.69, 9.17) is 9.47 Å². The van der Waals surface area contributed by atoms with Crippen molar-refractivity contribution >= 4 is 17.3 Å². The molecule has 0 unspecified atom stereocenters. The number of ether oxygens (including phenoxy) is 2. The Morgan fingerprint density at radius 3 is 2.16 bits per heavy atom. The lowest BCUT2D eigenvalue weighted by Gasteiger charge is -2.12. The van der Waals surface area contributed by atoms with Crippen molar-refractivity contribution in [2.75, 3.05) is 13.2 Å². The summed E-state index contributed by atoms with van der Waals surface area (Å²) in [5.41, 5.74) is 1.14. The first-order chi connectivity index (χ1) is 12.2. The maximum Gasteiger partial charge on any atom is 0.342 e. The molecule has 0 heterocycles. The largest absolute Gasteiger partial charge is 0.506 e. The lowest BCUT2D eigenvalue weighted by molar-refractivity contribution is -0.135. The number of benzene rings is 2. The number of esters is 1. The van der Waals surface area contributed by atoms with E-state index in [9.17, 15) is 9.90 Å². The van der Waals surface area contributed by atoms with Crippen LogP contribution in [0.15, 0.2) is 79.9 Å². The van der Waals surface area contributed by atoms with Gasteiger partial charge in [0.1, 0.15) is 30.3 Å². The summed E-state index contributed by atoms with van der Waals surface area (Å²) in [4.78, 5) is 12.4. The van der Waals surface area contributed by atoms with Crippen LogP contribution in [-0.4, -0.2) is 24.3 Å². The average Bonchev–Trinajstić information content (AvgIpc) is 2.66. The summed E-state index contributed by atoms with van der Waals surface area (Å²) >= 11 is 0. The molecule has 0 aliphatic heterocycles. The molecule has 25 heavy (non-hydrogen) atoms. The molecule has 0 amide bonds. The monoisotopic (exact) mass is 336 g/mol. The van der Waals surface area contributed by atoms with E-state index in [2.05, 4.69) is 13.2 Å². The van der Waals surface area contributed by atoms with Gasteiger partial charge in [-0.25, -0.2) is 4.79 Å². The first-order valence-corrected chi connectivity index (χ1v) is 7.78. The smallest absolute Gasteiger partial charge is 0.342 e. The van der Waals surface area contributed by atoms with Crippen LogP contribution in [0.2, 0.25) is 0 Å². The molecule has 0 saturated heterocycles. The molecule has 0 fully saturated rings. The Bertz CT molecular complexity index is 758. The Morgan fingerprint density at radius 2 is 1.56 bits per heavy atom. The minimum absolute atomic E-state index is 0.0604. The number of rotatable bonds is 8. The molecular weight excluding hydrogens is 316 g/mol. The first-order valence-electron chi connectivity index (χ1n) is 7.78. The van der Waals surface area contributed by atoms with Crippen LogP contribution in [0, 0.1) is 0 Å². The van der Waals surface area contributed by atoms with Gasteiger partial charge in [0.15, 0.2) is 0 Å². The predicted octanol–water partition coefficient (Wildman–Crippen LogP) is 4.41. The van der Waals surface area contributed by atoms with Gasteiger partial charge in [0.25, 0.3) is 0 Å². The van der Waals surface area contributed by atoms with Gasteiger partial charge in [-0.2, -0.15) is 0 Å². The maximum atomic E-state index is 12.4. The summed E-state index contributed by atoms with van der Waals surface area (Å²) < 4.78 is 10.6. The third kappa shape index (κ3) is 4.85. The molecule has 1 N–H and O–H groups in total. The van der Waals surface area contributed by atoms with E-state index in [1.165, 1.54) is 6.08 Å². The molecule has 0 aliphatic carbocycles. The molecule has 0 spiro atoms. The fraction of sp³-hybridized carbons (Fsp3) is 0.0952. The first kappa shape index (κ1) is 18.1. The van der Waals surface area contributed by atoms with Crippen molar-refractivity contribution in [1.29, 1.82) is 0 Å². The summed E-state index contributed by atoms with van der Waals surface area (Å²) in [6.45, 7) is 7.57. The molecule has 2 aromatic rings. The van der Waals surface area contributed by atoms with Crippen LogP contribution in [0.1, 0.15) is 11.1 Å². The van der Waals surface area contributed by atoms with Crippen molar-refractivity contribution in [3.8, 4) is 5.75 Å². The Hall–Kier alpha value is -3.27. The van der Waals surface area contributed by atoms with E-state index in [1.807, 2.05) is 6.07 Å². The summed E-state index contributed by atoms with van der Waals surface area (Å²) in [6.07, 6.45) is 3.12. The zero-order valence-corrected chi connectivity index (χ0v) is 13.9. The summed E-state index contributed by atoms with van der Waals surface area (Å²) in [7, 11) is 0. The van der Waals surface area contributed by atoms with Crippen LogP contribution in [0.3, 0.4) is 0 Å². The van der Waals surface area contributed by atoms with Gasteiger partial charge in [-0.05, 0) is 17.7 Å². The van der Waals surface area contributed by atoms with Crippen molar-refractivity contribution in [2.24, 2.45) is 0 Å². The van der Waals surface area contributed by atoms with Crippen molar-refractivity contribution in [3.63, 3.8) is 0 Å². The third-order valence-electron chi connectivity index (χ3n) is 3.33. The number of aliphatic hydroxyl groups excluding tert-OH is 1. The second-order valence-corrected chi connectivity index (χ2v) is 5.10. The molecule has 0 aromatic heterocycles. The highest BCUT2D eigenvalue weighted by Gasteiger charge is 2.20. The number of hydrogen-bond donors (Lipinski definition) is 1. The highest BCUT2D eigenvalue weighted by atomic mass is 16.5. The summed E-state index contributed by atoms with van der Waals surface area (Å²) in [5, 5.41) is 10.6. The van der Waals surface area contributed by atoms with Gasteiger partial charge in [0, 0.05) is 5.56 Å². The molecule has 4 nitrogen and oxygen atoms in total. The zero-order chi connectivity index (χ0) is 18.1. The number of aliphatic hydroxyl groups is 1. The van der Waals surface area contributed by atoms with Gasteiger partial charge >= 0.3 is 5.97 Å². The topological polar surface area (TPSA) is 55.8 Å². The summed E-state index contributed by atoms with van der Waals surface area (Å²) in [5.74, 6) is -0.128. The van der Waals surface area contributed by atoms with Gasteiger partial charge in [-0.1, -0.05) is 67.8 Å². The van der Waals surface area contributed by atoms with Gasteiger partial charge in [-0.15, -0.1) is 0 Å². The third-order valence-corrected chi connectivity index (χ3v) is 3.33. The van der Waals surface area contributed by atoms with E-state index in [0.717, 1.165) is 0 Å². The molecule has 128 valence electrons. The SMILES string of the molecule is C=CCOC(=O)/C(=C(\O)c1ccccc1)c1ccc(OCC=C)cc1. The van der Waals surface area contributed by atoms with Crippen LogP contribution >= 0.6 is 0 Å². The number of hydrogen-bond acceptors (Lipinski definition) is 4. The van der Waals surface area contributed by atoms with Crippen molar-refractivity contribution in [3.05, 3.63) is 91.0 Å². The standard InChI is InChI=1S/C21H20O4/c1-3-14-24-18-12-10-16(11-13-18)19(21(23)25-15-4-2)20(22)17-8-6-5-7-9-17/h3-13,22H,1-2,14-15H2/b20-19-. The highest BCUT2D eigenvalue weighted by molar-refractivity contribution is 6.23. The van der Waals surface area contributed by atoms with E-state index in [-0.39, 0.29) is 17.9 Å². The van der Waals surface area contributed by atoms with Crippen LogP contribution in [0.25, 0.3) is 11.3 Å². The Kier molecular flexibility index (Phi) is 6.60. The minimum atomic E-state index is -0.624. The molecule has 0 saturated carbocycles. The van der Waals surface area contributed by atoms with Crippen molar-refractivity contribution < 1.29 is 19.4 Å². The van der Waals surface area contributed by atoms with Gasteiger partial charge < -0.3 is 14.6 Å². The quantitative estimate of drug-likeness (QED) is 0.255. The molecule has 0 aliphatic rings. The molecule has 0 atom stereocenters. The number of carbonyl (C=O) groups is 1. The maximum absolute atomic E-state index is 12.4. The second-order valence-electron chi connectivity index (χ2n) is 5.10. The van der Waals surface area contributed by atoms with Crippen molar-refractivity contribution in [2.45, 2.75) is 0 Å². The lowest BCUT2D eigenvalue weighted by Crippen LogP contribution is -2.10. The average molecular weight is 336 g/mol. The van der Waals surface area contributed by atoms with Gasteiger partial charge in [0.05, 0.1) is 0 Å². The molecule has 0 radical (unpaired) electrons. The van der Waals surface area contributed by atoms with E-state index >= 15 is 0 Å². The predicted molar refractivity (Wildman–Crippen MR) is 99.2 cm³/mol. The van der Waals surface area contributed by atoms with Crippen molar-refractivity contribution in [1.82, 2.24) is 0 Å². The molecule has 0 bridgehead atoms. The molecule has 2 aromatic carbocycles. The van der Waals surface area contributed by atoms with Crippen LogP contribution in [-0.2, 0) is 9.53 Å². The fourth-order valence-electron chi connectivity index (χ4n) is 2.17. The second kappa shape index (κ2) is 9.13. The Labute approximate surface area is 147 Å².